The first-order valence-corrected chi connectivity index (χ1v) is 17.6. The summed E-state index contributed by atoms with van der Waals surface area (Å²) in [4.78, 5) is 30.3. The molecule has 230 valence electrons. The Bertz CT molecular complexity index is 1420. The van der Waals surface area contributed by atoms with Gasteiger partial charge in [-0.2, -0.15) is 4.98 Å². The van der Waals surface area contributed by atoms with Crippen LogP contribution in [0.25, 0.3) is 17.5 Å². The number of hydrogen-bond donors (Lipinski definition) is 0. The third-order valence-corrected chi connectivity index (χ3v) is 12.9. The SMILES string of the molecule is CCCCCCCC[C@H]1CC[C@H]2[C@@H]3CCC4=Cc5c(cc6c(=O)n(C)c(=O)nc-6n5CCCC)C[C@]4(C)[C@H]3CC[C@]12C. The molecule has 3 fully saturated rings. The second-order valence-electron chi connectivity index (χ2n) is 15.1. The van der Waals surface area contributed by atoms with E-state index < -0.39 is 5.69 Å². The number of pyridine rings is 1. The molecule has 0 N–H and O–H groups in total. The number of fused-ring (bicyclic) bond motifs is 7. The Kier molecular flexibility index (Phi) is 8.35. The van der Waals surface area contributed by atoms with Crippen molar-refractivity contribution in [2.45, 2.75) is 137 Å². The minimum Gasteiger partial charge on any atom is -0.325 e. The Labute approximate surface area is 253 Å². The zero-order chi connectivity index (χ0) is 29.6. The number of nitrogens with zero attached hydrogens (tertiary/aromatic N) is 3. The number of hydrogen-bond acceptors (Lipinski definition) is 3. The van der Waals surface area contributed by atoms with Gasteiger partial charge in [0.15, 0.2) is 5.82 Å². The standard InChI is InChI=1S/C37H55N3O2/c1-6-8-10-11-12-13-14-26-16-18-30-28-17-15-27-23-32-25(24-37(27,4)31(28)19-20-36(26,30)3)22-29-33(40(32)21-9-7-2)38-35(42)39(5)34(29)41/h22-23,26,28,30-31H,6-21,24H2,1-5H3/t26-,28-,30-,31-,36+,37-/m0/s1. The largest absolute Gasteiger partial charge is 0.352 e. The van der Waals surface area contributed by atoms with E-state index in [0.29, 0.717) is 16.8 Å². The third-order valence-electron chi connectivity index (χ3n) is 12.9. The summed E-state index contributed by atoms with van der Waals surface area (Å²) in [5, 5.41) is 0. The number of aromatic nitrogens is 3. The van der Waals surface area contributed by atoms with Crippen molar-refractivity contribution in [3.05, 3.63) is 43.7 Å². The van der Waals surface area contributed by atoms with Crippen molar-refractivity contribution in [1.82, 2.24) is 14.1 Å². The van der Waals surface area contributed by atoms with E-state index in [9.17, 15) is 9.59 Å². The molecule has 0 aromatic rings. The van der Waals surface area contributed by atoms with Crippen molar-refractivity contribution in [3.63, 3.8) is 0 Å². The molecule has 0 aromatic carbocycles. The lowest BCUT2D eigenvalue weighted by atomic mass is 9.46. The maximum Gasteiger partial charge on any atom is 0.352 e. The summed E-state index contributed by atoms with van der Waals surface area (Å²) in [6, 6.07) is 2.10. The van der Waals surface area contributed by atoms with Crippen molar-refractivity contribution >= 4 is 6.08 Å². The zero-order valence-corrected chi connectivity index (χ0v) is 27.1. The summed E-state index contributed by atoms with van der Waals surface area (Å²) in [5.74, 6) is 3.91. The highest BCUT2D eigenvalue weighted by Crippen LogP contribution is 2.67. The van der Waals surface area contributed by atoms with E-state index in [1.54, 1.807) is 12.6 Å². The molecule has 0 unspecified atom stereocenters. The molecule has 0 radical (unpaired) electrons. The second-order valence-corrected chi connectivity index (χ2v) is 15.1. The Hall–Kier alpha value is -2.17. The van der Waals surface area contributed by atoms with E-state index in [2.05, 4.69) is 49.4 Å². The molecule has 6 aliphatic rings. The Morgan fingerprint density at radius 2 is 1.69 bits per heavy atom. The van der Waals surface area contributed by atoms with Gasteiger partial charge in [0.25, 0.3) is 5.56 Å². The van der Waals surface area contributed by atoms with Gasteiger partial charge in [-0.25, -0.2) is 4.79 Å². The van der Waals surface area contributed by atoms with Crippen molar-refractivity contribution in [3.8, 4) is 11.4 Å². The Morgan fingerprint density at radius 3 is 2.48 bits per heavy atom. The minimum absolute atomic E-state index is 0.155. The molecule has 0 amide bonds. The van der Waals surface area contributed by atoms with Crippen LogP contribution < -0.4 is 11.2 Å². The molecule has 0 aromatic heterocycles. The second kappa shape index (κ2) is 11.7. The summed E-state index contributed by atoms with van der Waals surface area (Å²) >= 11 is 0. The Balaban J connectivity index is 1.28. The van der Waals surface area contributed by atoms with Gasteiger partial charge < -0.3 is 4.57 Å². The van der Waals surface area contributed by atoms with E-state index in [-0.39, 0.29) is 11.0 Å². The van der Waals surface area contributed by atoms with Crippen molar-refractivity contribution in [1.29, 1.82) is 0 Å². The summed E-state index contributed by atoms with van der Waals surface area (Å²) in [6.07, 6.45) is 23.6. The topological polar surface area (TPSA) is 56.9 Å². The number of allylic oxidation sites excluding steroid dienone is 1. The van der Waals surface area contributed by atoms with E-state index in [1.807, 2.05) is 0 Å². The molecule has 0 bridgehead atoms. The number of rotatable bonds is 10. The lowest BCUT2D eigenvalue weighted by molar-refractivity contribution is -0.0478. The molecule has 4 aliphatic carbocycles. The maximum absolute atomic E-state index is 13.3. The van der Waals surface area contributed by atoms with Gasteiger partial charge in [-0.05, 0) is 110 Å². The average Bonchev–Trinajstić information content (AvgIpc) is 3.31. The molecular formula is C37H55N3O2. The smallest absolute Gasteiger partial charge is 0.325 e. The van der Waals surface area contributed by atoms with Gasteiger partial charge in [-0.3, -0.25) is 9.36 Å². The molecular weight excluding hydrogens is 518 g/mol. The highest BCUT2D eigenvalue weighted by atomic mass is 16.2. The van der Waals surface area contributed by atoms with Gasteiger partial charge in [0, 0.05) is 19.3 Å². The summed E-state index contributed by atoms with van der Waals surface area (Å²) in [5.41, 5.74) is 4.70. The van der Waals surface area contributed by atoms with Gasteiger partial charge in [-0.15, -0.1) is 0 Å². The van der Waals surface area contributed by atoms with E-state index >= 15 is 0 Å². The van der Waals surface area contributed by atoms with Crippen molar-refractivity contribution < 1.29 is 0 Å². The van der Waals surface area contributed by atoms with Crippen LogP contribution in [0.1, 0.15) is 135 Å². The first-order chi connectivity index (χ1) is 20.2. The fraction of sp³-hybridized carbons (Fsp3) is 0.757. The lowest BCUT2D eigenvalue weighted by Gasteiger charge is -2.58. The highest BCUT2D eigenvalue weighted by molar-refractivity contribution is 5.67. The van der Waals surface area contributed by atoms with Gasteiger partial charge in [-0.1, -0.05) is 78.2 Å². The molecule has 5 nitrogen and oxygen atoms in total. The van der Waals surface area contributed by atoms with Crippen molar-refractivity contribution in [2.75, 3.05) is 0 Å². The van der Waals surface area contributed by atoms with Crippen LogP contribution in [0.2, 0.25) is 0 Å². The molecule has 2 aliphatic heterocycles. The van der Waals surface area contributed by atoms with Crippen LogP contribution in [0.15, 0.2) is 21.2 Å². The predicted molar refractivity (Wildman–Crippen MR) is 173 cm³/mol. The lowest BCUT2D eigenvalue weighted by Crippen LogP contribution is -2.51. The average molecular weight is 574 g/mol. The first kappa shape index (κ1) is 29.9. The maximum atomic E-state index is 13.3. The molecule has 42 heavy (non-hydrogen) atoms. The normalized spacial score (nSPS) is 31.8. The van der Waals surface area contributed by atoms with Crippen LogP contribution >= 0.6 is 0 Å². The minimum atomic E-state index is -0.455. The molecule has 2 heterocycles. The van der Waals surface area contributed by atoms with E-state index in [0.717, 1.165) is 49.5 Å². The number of unbranched alkanes of at least 4 members (excludes halogenated alkanes) is 6. The van der Waals surface area contributed by atoms with Crippen LogP contribution in [-0.2, 0) is 20.0 Å². The molecule has 0 spiro atoms. The quantitative estimate of drug-likeness (QED) is 0.268. The van der Waals surface area contributed by atoms with Crippen LogP contribution in [0.5, 0.6) is 0 Å². The van der Waals surface area contributed by atoms with Gasteiger partial charge in [0.2, 0.25) is 0 Å². The zero-order valence-electron chi connectivity index (χ0n) is 27.1. The summed E-state index contributed by atoms with van der Waals surface area (Å²) in [7, 11) is 1.55. The third kappa shape index (κ3) is 4.85. The van der Waals surface area contributed by atoms with Gasteiger partial charge in [0.1, 0.15) is 0 Å². The molecule has 3 saturated carbocycles. The molecule has 0 saturated heterocycles. The van der Waals surface area contributed by atoms with Gasteiger partial charge in [0.05, 0.1) is 5.56 Å². The van der Waals surface area contributed by atoms with Crippen LogP contribution in [-0.4, -0.2) is 14.1 Å². The summed E-state index contributed by atoms with van der Waals surface area (Å²) < 4.78 is 3.38. The van der Waals surface area contributed by atoms with Crippen LogP contribution in [0, 0.1) is 34.5 Å². The molecule has 6 atom stereocenters. The van der Waals surface area contributed by atoms with Crippen molar-refractivity contribution in [2.24, 2.45) is 41.5 Å². The van der Waals surface area contributed by atoms with Crippen LogP contribution in [0.3, 0.4) is 0 Å². The highest BCUT2D eigenvalue weighted by Gasteiger charge is 2.58. The monoisotopic (exact) mass is 573 g/mol. The fourth-order valence-electron chi connectivity index (χ4n) is 10.4. The Morgan fingerprint density at radius 1 is 0.929 bits per heavy atom. The van der Waals surface area contributed by atoms with Crippen LogP contribution in [0.4, 0.5) is 0 Å². The fourth-order valence-corrected chi connectivity index (χ4v) is 10.4. The molecule has 6 rings (SSSR count). The van der Waals surface area contributed by atoms with Gasteiger partial charge >= 0.3 is 5.69 Å². The van der Waals surface area contributed by atoms with E-state index in [1.165, 1.54) is 99.3 Å². The summed E-state index contributed by atoms with van der Waals surface area (Å²) in [6.45, 7) is 10.5. The molecule has 5 heteroatoms. The van der Waals surface area contributed by atoms with E-state index in [4.69, 9.17) is 0 Å². The first-order valence-electron chi connectivity index (χ1n) is 17.6. The predicted octanol–water partition coefficient (Wildman–Crippen LogP) is 8.40.